The zero-order valence-corrected chi connectivity index (χ0v) is 44.5. The standard InChI is InChI=1S/C72H62N4O2/c1-71-49-16-50-72(2,70(77)78-3)66(71)48-45-63-64(71)46-47-65-69(63)74-68(56-35-43-62(44-36-56)76(58-23-14-7-15-24-58)60-39-31-54(32-40-60)28-26-52-19-10-5-11-20-52)67(73-65)55-33-41-61(42-34-55)75(57-21-12-6-13-22-57)59-37-29-53(30-38-59)27-25-51-17-8-4-9-18-51/h4-15,17-44,46-47,66H,16,45,48-50H2,1-3H3/b27-25+,28-26+/t66-,71+,72+/m0/s1. The van der Waals surface area contributed by atoms with Crippen LogP contribution in [0.25, 0.3) is 57.9 Å². The average molecular weight is 1020 g/mol. The van der Waals surface area contributed by atoms with Crippen molar-refractivity contribution in [3.63, 3.8) is 0 Å². The van der Waals surface area contributed by atoms with Crippen molar-refractivity contribution in [1.29, 1.82) is 0 Å². The number of hydrogen-bond acceptors (Lipinski definition) is 6. The van der Waals surface area contributed by atoms with Crippen LogP contribution < -0.4 is 9.80 Å². The Morgan fingerprint density at radius 1 is 0.474 bits per heavy atom. The summed E-state index contributed by atoms with van der Waals surface area (Å²) in [6, 6.07) is 81.3. The van der Waals surface area contributed by atoms with Crippen LogP contribution in [0.5, 0.6) is 0 Å². The molecule has 78 heavy (non-hydrogen) atoms. The Morgan fingerprint density at radius 2 is 0.872 bits per heavy atom. The van der Waals surface area contributed by atoms with Gasteiger partial charge < -0.3 is 14.5 Å². The lowest BCUT2D eigenvalue weighted by Gasteiger charge is -2.54. The van der Waals surface area contributed by atoms with Gasteiger partial charge in [0.15, 0.2) is 0 Å². The van der Waals surface area contributed by atoms with Gasteiger partial charge in [-0.2, -0.15) is 0 Å². The van der Waals surface area contributed by atoms with E-state index in [-0.39, 0.29) is 17.3 Å². The third-order valence-corrected chi connectivity index (χ3v) is 16.5. The Bertz CT molecular complexity index is 3770. The summed E-state index contributed by atoms with van der Waals surface area (Å²) in [5.41, 5.74) is 18.1. The number of carbonyl (C=O) groups excluding carboxylic acids is 1. The molecular formula is C72H62N4O2. The van der Waals surface area contributed by atoms with E-state index in [0.717, 1.165) is 111 Å². The van der Waals surface area contributed by atoms with Gasteiger partial charge in [0.1, 0.15) is 0 Å². The molecule has 1 fully saturated rings. The number of rotatable bonds is 13. The van der Waals surface area contributed by atoms with Gasteiger partial charge in [-0.15, -0.1) is 0 Å². The first-order valence-electron chi connectivity index (χ1n) is 27.3. The number of aryl methyl sites for hydroxylation is 1. The number of anilines is 6. The third-order valence-electron chi connectivity index (χ3n) is 16.5. The van der Waals surface area contributed by atoms with Crippen molar-refractivity contribution in [3.05, 3.63) is 264 Å². The van der Waals surface area contributed by atoms with Gasteiger partial charge in [-0.25, -0.2) is 9.97 Å². The summed E-state index contributed by atoms with van der Waals surface area (Å²) in [7, 11) is 1.53. The lowest BCUT2D eigenvalue weighted by molar-refractivity contribution is -0.161. The number of carbonyl (C=O) groups is 1. The van der Waals surface area contributed by atoms with Crippen LogP contribution in [0.2, 0.25) is 0 Å². The maximum atomic E-state index is 13.5. The van der Waals surface area contributed by atoms with E-state index in [0.29, 0.717) is 0 Å². The molecule has 0 unspecified atom stereocenters. The average Bonchev–Trinajstić information content (AvgIpc) is 3.61. The lowest BCUT2D eigenvalue weighted by Crippen LogP contribution is -2.52. The molecule has 6 nitrogen and oxygen atoms in total. The maximum absolute atomic E-state index is 13.5. The van der Waals surface area contributed by atoms with Crippen LogP contribution in [0, 0.1) is 11.3 Å². The predicted molar refractivity (Wildman–Crippen MR) is 324 cm³/mol. The summed E-state index contributed by atoms with van der Waals surface area (Å²) in [5, 5.41) is 0. The minimum absolute atomic E-state index is 0.0977. The molecule has 0 bridgehead atoms. The van der Waals surface area contributed by atoms with Crippen molar-refractivity contribution >= 4 is 75.4 Å². The molecule has 0 N–H and O–H groups in total. The summed E-state index contributed by atoms with van der Waals surface area (Å²) in [4.78, 5) is 29.4. The van der Waals surface area contributed by atoms with Gasteiger partial charge in [0, 0.05) is 45.3 Å². The molecule has 382 valence electrons. The third kappa shape index (κ3) is 9.71. The van der Waals surface area contributed by atoms with E-state index >= 15 is 0 Å². The molecule has 0 amide bonds. The first-order valence-corrected chi connectivity index (χ1v) is 27.3. The van der Waals surface area contributed by atoms with Crippen molar-refractivity contribution in [3.8, 4) is 22.5 Å². The zero-order valence-electron chi connectivity index (χ0n) is 44.5. The minimum Gasteiger partial charge on any atom is -0.469 e. The molecule has 2 aliphatic rings. The topological polar surface area (TPSA) is 58.6 Å². The summed E-state index contributed by atoms with van der Waals surface area (Å²) in [6.45, 7) is 4.50. The Hall–Kier alpha value is -9.13. The summed E-state index contributed by atoms with van der Waals surface area (Å²) < 4.78 is 5.48. The molecule has 1 aromatic heterocycles. The van der Waals surface area contributed by atoms with Gasteiger partial charge in [0.2, 0.25) is 0 Å². The van der Waals surface area contributed by atoms with Crippen LogP contribution in [0.1, 0.15) is 72.9 Å². The summed E-state index contributed by atoms with van der Waals surface area (Å²) in [6.07, 6.45) is 13.1. The number of aromatic nitrogens is 2. The molecule has 0 spiro atoms. The van der Waals surface area contributed by atoms with Gasteiger partial charge in [0.25, 0.3) is 0 Å². The highest BCUT2D eigenvalue weighted by atomic mass is 16.5. The highest BCUT2D eigenvalue weighted by Crippen LogP contribution is 2.58. The molecule has 0 aliphatic heterocycles. The second kappa shape index (κ2) is 21.5. The minimum atomic E-state index is -0.544. The number of methoxy groups -OCH3 is 1. The Labute approximate surface area is 458 Å². The number of benzene rings is 9. The molecule has 1 saturated carbocycles. The molecule has 0 saturated heterocycles. The highest BCUT2D eigenvalue weighted by Gasteiger charge is 2.56. The fourth-order valence-corrected chi connectivity index (χ4v) is 12.5. The fraction of sp³-hybridized carbons (Fsp3) is 0.153. The van der Waals surface area contributed by atoms with Crippen molar-refractivity contribution in [2.45, 2.75) is 51.4 Å². The molecule has 10 aromatic rings. The molecule has 2 aliphatic carbocycles. The van der Waals surface area contributed by atoms with E-state index in [1.54, 1.807) is 0 Å². The van der Waals surface area contributed by atoms with Crippen LogP contribution in [-0.4, -0.2) is 23.0 Å². The molecule has 0 radical (unpaired) electrons. The van der Waals surface area contributed by atoms with Crippen LogP contribution in [0.15, 0.2) is 231 Å². The fourth-order valence-electron chi connectivity index (χ4n) is 12.5. The van der Waals surface area contributed by atoms with Crippen molar-refractivity contribution in [1.82, 2.24) is 9.97 Å². The van der Waals surface area contributed by atoms with E-state index in [9.17, 15) is 4.79 Å². The van der Waals surface area contributed by atoms with E-state index in [2.05, 4.69) is 266 Å². The second-order valence-corrected chi connectivity index (χ2v) is 21.3. The molecule has 12 rings (SSSR count). The Kier molecular flexibility index (Phi) is 13.7. The smallest absolute Gasteiger partial charge is 0.311 e. The first-order chi connectivity index (χ1) is 38.3. The molecule has 6 heteroatoms. The van der Waals surface area contributed by atoms with Gasteiger partial charge >= 0.3 is 5.97 Å². The maximum Gasteiger partial charge on any atom is 0.311 e. The van der Waals surface area contributed by atoms with Crippen molar-refractivity contribution in [2.24, 2.45) is 11.3 Å². The SMILES string of the molecule is COC(=O)[C@]1(C)CCC[C@]2(C)c3ccc4nc(-c5ccc(N(c6ccccc6)c6ccc(/C=C/c7ccccc7)cc6)cc5)c(-c5ccc(N(c6ccccc6)c6ccc(/C=C/c7ccccc7)cc6)cc5)nc4c3CC[C@H]12. The number of hydrogen-bond donors (Lipinski definition) is 0. The highest BCUT2D eigenvalue weighted by molar-refractivity contribution is 5.91. The number of nitrogens with zero attached hydrogens (tertiary/aromatic N) is 4. The quantitative estimate of drug-likeness (QED) is 0.0847. The number of ether oxygens (including phenoxy) is 1. The van der Waals surface area contributed by atoms with Crippen molar-refractivity contribution in [2.75, 3.05) is 16.9 Å². The zero-order chi connectivity index (χ0) is 53.1. The molecule has 1 heterocycles. The monoisotopic (exact) mass is 1010 g/mol. The van der Waals surface area contributed by atoms with Gasteiger partial charge in [-0.3, -0.25) is 4.79 Å². The Morgan fingerprint density at radius 3 is 1.32 bits per heavy atom. The lowest BCUT2D eigenvalue weighted by atomic mass is 9.49. The van der Waals surface area contributed by atoms with Gasteiger partial charge in [-0.1, -0.05) is 189 Å². The number of fused-ring (bicyclic) bond motifs is 5. The summed E-state index contributed by atoms with van der Waals surface area (Å²) in [5.74, 6) is 0.0627. The van der Waals surface area contributed by atoms with Gasteiger partial charge in [0.05, 0.1) is 34.9 Å². The van der Waals surface area contributed by atoms with Crippen LogP contribution in [0.4, 0.5) is 34.1 Å². The molecule has 3 atom stereocenters. The van der Waals surface area contributed by atoms with Crippen LogP contribution in [-0.2, 0) is 21.4 Å². The normalized spacial score (nSPS) is 17.9. The largest absolute Gasteiger partial charge is 0.469 e. The van der Waals surface area contributed by atoms with Crippen molar-refractivity contribution < 1.29 is 9.53 Å². The van der Waals surface area contributed by atoms with Crippen LogP contribution >= 0.6 is 0 Å². The van der Waals surface area contributed by atoms with Crippen LogP contribution in [0.3, 0.4) is 0 Å². The van der Waals surface area contributed by atoms with E-state index in [1.165, 1.54) is 29.4 Å². The molecular weight excluding hydrogens is 953 g/mol. The predicted octanol–water partition coefficient (Wildman–Crippen LogP) is 18.4. The number of para-hydroxylation sites is 2. The van der Waals surface area contributed by atoms with E-state index in [4.69, 9.17) is 14.7 Å². The van der Waals surface area contributed by atoms with E-state index in [1.807, 2.05) is 12.1 Å². The number of esters is 1. The second-order valence-electron chi connectivity index (χ2n) is 21.3. The summed E-state index contributed by atoms with van der Waals surface area (Å²) >= 11 is 0. The Balaban J connectivity index is 0.940. The van der Waals surface area contributed by atoms with E-state index < -0.39 is 5.41 Å². The first kappa shape index (κ1) is 49.7. The molecule has 9 aromatic carbocycles. The van der Waals surface area contributed by atoms with Gasteiger partial charge in [-0.05, 0) is 156 Å².